The summed E-state index contributed by atoms with van der Waals surface area (Å²) >= 11 is 2.13. The summed E-state index contributed by atoms with van der Waals surface area (Å²) in [5.41, 5.74) is 2.26. The highest BCUT2D eigenvalue weighted by atomic mass is 127. The van der Waals surface area contributed by atoms with Gasteiger partial charge in [-0.05, 0) is 40.3 Å². The van der Waals surface area contributed by atoms with Crippen molar-refractivity contribution in [2.24, 2.45) is 5.92 Å². The minimum atomic E-state index is -0.599. The molecule has 1 aromatic rings. The number of halogens is 1. The second kappa shape index (κ2) is 9.36. The fraction of sp³-hybridized carbons (Fsp3) is 0.357. The number of hydroxylamine groups is 1. The van der Waals surface area contributed by atoms with Crippen LogP contribution in [0, 0.1) is 9.49 Å². The van der Waals surface area contributed by atoms with Crippen molar-refractivity contribution in [3.63, 3.8) is 0 Å². The van der Waals surface area contributed by atoms with Crippen molar-refractivity contribution in [1.29, 1.82) is 0 Å². The van der Waals surface area contributed by atoms with E-state index in [0.717, 1.165) is 9.13 Å². The van der Waals surface area contributed by atoms with Crippen LogP contribution in [0.15, 0.2) is 18.3 Å². The van der Waals surface area contributed by atoms with Gasteiger partial charge in [-0.2, -0.15) is 0 Å². The molecule has 1 aromatic heterocycles. The number of aromatic nitrogens is 1. The van der Waals surface area contributed by atoms with Gasteiger partial charge in [0, 0.05) is 31.3 Å². The summed E-state index contributed by atoms with van der Waals surface area (Å²) in [7, 11) is 0. The Kier molecular flexibility index (Phi) is 7.82. The van der Waals surface area contributed by atoms with Gasteiger partial charge in [0.15, 0.2) is 0 Å². The summed E-state index contributed by atoms with van der Waals surface area (Å²) in [5, 5.41) is 14.3. The van der Waals surface area contributed by atoms with E-state index in [1.807, 2.05) is 19.9 Å². The Morgan fingerprint density at radius 2 is 2.14 bits per heavy atom. The van der Waals surface area contributed by atoms with Crippen molar-refractivity contribution in [1.82, 2.24) is 15.8 Å². The Bertz CT molecular complexity index is 561. The topological polar surface area (TPSA) is 103 Å². The average molecular weight is 418 g/mol. The van der Waals surface area contributed by atoms with Gasteiger partial charge < -0.3 is 10.6 Å². The molecule has 2 amide bonds. The maximum absolute atomic E-state index is 11.4. The van der Waals surface area contributed by atoms with Crippen LogP contribution in [0.1, 0.15) is 19.4 Å². The number of pyridine rings is 1. The predicted molar refractivity (Wildman–Crippen MR) is 92.3 cm³/mol. The number of anilines is 1. The molecular formula is C14H19IN4O3. The second-order valence-electron chi connectivity index (χ2n) is 4.78. The first-order chi connectivity index (χ1) is 10.4. The van der Waals surface area contributed by atoms with Gasteiger partial charge in [-0.25, -0.2) is 10.5 Å². The van der Waals surface area contributed by atoms with Gasteiger partial charge in [0.2, 0.25) is 5.91 Å². The van der Waals surface area contributed by atoms with Gasteiger partial charge in [-0.3, -0.25) is 14.8 Å². The van der Waals surface area contributed by atoms with E-state index in [-0.39, 0.29) is 11.8 Å². The van der Waals surface area contributed by atoms with Crippen molar-refractivity contribution in [2.75, 3.05) is 18.4 Å². The first-order valence-corrected chi connectivity index (χ1v) is 7.81. The van der Waals surface area contributed by atoms with E-state index < -0.39 is 5.91 Å². The highest BCUT2D eigenvalue weighted by molar-refractivity contribution is 14.1. The third kappa shape index (κ3) is 6.39. The molecule has 22 heavy (non-hydrogen) atoms. The zero-order valence-corrected chi connectivity index (χ0v) is 14.5. The summed E-state index contributed by atoms with van der Waals surface area (Å²) in [6.07, 6.45) is 4.37. The molecule has 0 saturated heterocycles. The van der Waals surface area contributed by atoms with Gasteiger partial charge in [0.25, 0.3) is 5.91 Å². The number of hydrogen-bond donors (Lipinski definition) is 4. The van der Waals surface area contributed by atoms with Gasteiger partial charge >= 0.3 is 0 Å². The number of rotatable bonds is 7. The van der Waals surface area contributed by atoms with E-state index >= 15 is 0 Å². The highest BCUT2D eigenvalue weighted by Gasteiger charge is 2.06. The lowest BCUT2D eigenvalue weighted by Crippen LogP contribution is -2.32. The summed E-state index contributed by atoms with van der Waals surface area (Å²) in [5.74, 6) is 0.105. The van der Waals surface area contributed by atoms with Crippen molar-refractivity contribution >= 4 is 46.3 Å². The molecule has 0 aromatic carbocycles. The smallest absolute Gasteiger partial charge is 0.267 e. The Labute approximate surface area is 142 Å². The van der Waals surface area contributed by atoms with Crippen molar-refractivity contribution in [3.8, 4) is 0 Å². The lowest BCUT2D eigenvalue weighted by atomic mass is 10.2. The average Bonchev–Trinajstić information content (AvgIpc) is 2.50. The summed E-state index contributed by atoms with van der Waals surface area (Å²) in [4.78, 5) is 26.6. The molecule has 4 N–H and O–H groups in total. The van der Waals surface area contributed by atoms with Crippen molar-refractivity contribution in [2.45, 2.75) is 13.8 Å². The largest absolute Gasteiger partial charge is 0.367 e. The quantitative estimate of drug-likeness (QED) is 0.176. The Balaban J connectivity index is 2.51. The molecular weight excluding hydrogens is 399 g/mol. The van der Waals surface area contributed by atoms with Crippen LogP contribution in [0.25, 0.3) is 6.08 Å². The number of nitrogens with one attached hydrogen (secondary N) is 3. The van der Waals surface area contributed by atoms with E-state index in [1.54, 1.807) is 12.3 Å². The van der Waals surface area contributed by atoms with Gasteiger partial charge in [0.1, 0.15) is 5.82 Å². The lowest BCUT2D eigenvalue weighted by molar-refractivity contribution is -0.124. The normalized spacial score (nSPS) is 10.8. The number of carbonyl (C=O) groups is 2. The molecule has 0 aliphatic carbocycles. The third-order valence-corrected chi connectivity index (χ3v) is 3.46. The Hall–Kier alpha value is -1.68. The number of hydrogen-bond acceptors (Lipinski definition) is 5. The highest BCUT2D eigenvalue weighted by Crippen LogP contribution is 2.17. The molecule has 1 heterocycles. The zero-order chi connectivity index (χ0) is 16.5. The third-order valence-electron chi connectivity index (χ3n) is 2.64. The van der Waals surface area contributed by atoms with Gasteiger partial charge in [-0.1, -0.05) is 13.8 Å². The van der Waals surface area contributed by atoms with Crippen LogP contribution in [0.2, 0.25) is 0 Å². The first kappa shape index (κ1) is 18.4. The van der Waals surface area contributed by atoms with Crippen LogP contribution in [-0.4, -0.2) is 35.1 Å². The summed E-state index contributed by atoms with van der Waals surface area (Å²) < 4.78 is 0.888. The summed E-state index contributed by atoms with van der Waals surface area (Å²) in [6, 6.07) is 1.85. The van der Waals surface area contributed by atoms with Crippen LogP contribution >= 0.6 is 22.6 Å². The van der Waals surface area contributed by atoms with Crippen LogP contribution in [0.4, 0.5) is 5.82 Å². The molecule has 0 aliphatic rings. The van der Waals surface area contributed by atoms with Crippen molar-refractivity contribution < 1.29 is 14.8 Å². The number of nitrogens with zero attached hydrogens (tertiary/aromatic N) is 1. The predicted octanol–water partition coefficient (Wildman–Crippen LogP) is 1.39. The van der Waals surface area contributed by atoms with E-state index in [2.05, 4.69) is 38.2 Å². The van der Waals surface area contributed by atoms with E-state index in [4.69, 9.17) is 5.21 Å². The molecule has 0 unspecified atom stereocenters. The molecule has 120 valence electrons. The van der Waals surface area contributed by atoms with E-state index in [0.29, 0.717) is 18.9 Å². The maximum atomic E-state index is 11.4. The molecule has 0 atom stereocenters. The minimum Gasteiger partial charge on any atom is -0.367 e. The molecule has 0 fully saturated rings. The van der Waals surface area contributed by atoms with E-state index in [1.165, 1.54) is 11.6 Å². The van der Waals surface area contributed by atoms with Crippen molar-refractivity contribution in [3.05, 3.63) is 27.5 Å². The summed E-state index contributed by atoms with van der Waals surface area (Å²) in [6.45, 7) is 4.78. The molecule has 8 heteroatoms. The second-order valence-corrected chi connectivity index (χ2v) is 5.94. The molecule has 1 rings (SSSR count). The zero-order valence-electron chi connectivity index (χ0n) is 12.4. The standard InChI is InChI=1S/C14H19IN4O3/c1-9(2)14(21)17-6-5-16-13-11(15)7-10(8-18-13)3-4-12(20)19-22/h3-4,7-9,22H,5-6H2,1-2H3,(H,16,18)(H,17,21)(H,19,20)/b4-3+. The van der Waals surface area contributed by atoms with Crippen LogP contribution in [-0.2, 0) is 9.59 Å². The van der Waals surface area contributed by atoms with Crippen LogP contribution < -0.4 is 16.1 Å². The SMILES string of the molecule is CC(C)C(=O)NCCNc1ncc(/C=C/C(=O)NO)cc1I. The number of amides is 2. The van der Waals surface area contributed by atoms with Crippen LogP contribution in [0.5, 0.6) is 0 Å². The number of carbonyl (C=O) groups excluding carboxylic acids is 2. The fourth-order valence-electron chi connectivity index (χ4n) is 1.45. The Morgan fingerprint density at radius 1 is 1.41 bits per heavy atom. The molecule has 0 saturated carbocycles. The molecule has 0 radical (unpaired) electrons. The maximum Gasteiger partial charge on any atom is 0.267 e. The molecule has 7 nitrogen and oxygen atoms in total. The minimum absolute atomic E-state index is 0.0205. The first-order valence-electron chi connectivity index (χ1n) is 6.73. The lowest BCUT2D eigenvalue weighted by Gasteiger charge is -2.10. The molecule has 0 spiro atoms. The van der Waals surface area contributed by atoms with Gasteiger partial charge in [0.05, 0.1) is 3.57 Å². The Morgan fingerprint density at radius 3 is 2.73 bits per heavy atom. The molecule has 0 aliphatic heterocycles. The van der Waals surface area contributed by atoms with E-state index in [9.17, 15) is 9.59 Å². The van der Waals surface area contributed by atoms with Gasteiger partial charge in [-0.15, -0.1) is 0 Å². The monoisotopic (exact) mass is 418 g/mol. The molecule has 0 bridgehead atoms. The fourth-order valence-corrected chi connectivity index (χ4v) is 2.14. The van der Waals surface area contributed by atoms with Crippen LogP contribution in [0.3, 0.4) is 0 Å².